The molecule has 3 N–H and O–H groups in total. The van der Waals surface area contributed by atoms with Gasteiger partial charge in [-0.1, -0.05) is 35.5 Å². The van der Waals surface area contributed by atoms with Crippen molar-refractivity contribution in [3.8, 4) is 0 Å². The summed E-state index contributed by atoms with van der Waals surface area (Å²) >= 11 is 1.33. The lowest BCUT2D eigenvalue weighted by Gasteiger charge is -2.43. The lowest BCUT2D eigenvalue weighted by molar-refractivity contribution is -0.160. The van der Waals surface area contributed by atoms with E-state index in [1.807, 2.05) is 0 Å². The van der Waals surface area contributed by atoms with Gasteiger partial charge in [0.05, 0.1) is 0 Å². The van der Waals surface area contributed by atoms with Gasteiger partial charge in [0.15, 0.2) is 5.71 Å². The molecule has 1 aromatic carbocycles. The average Bonchev–Trinajstić information content (AvgIpc) is 2.82. The zero-order valence-corrected chi connectivity index (χ0v) is 14.4. The number of amides is 2. The second-order valence-corrected chi connectivity index (χ2v) is 8.13. The molecule has 2 aliphatic heterocycles. The number of thioether (sulfide) groups is 1. The summed E-state index contributed by atoms with van der Waals surface area (Å²) in [7, 11) is 0. The summed E-state index contributed by atoms with van der Waals surface area (Å²) in [5, 5.41) is 23.7. The first-order valence-corrected chi connectivity index (χ1v) is 8.47. The largest absolute Gasteiger partial charge is 0.480 e. The molecule has 0 unspecified atom stereocenters. The summed E-state index contributed by atoms with van der Waals surface area (Å²) in [6.07, 6.45) is 0. The molecule has 2 heterocycles. The van der Waals surface area contributed by atoms with Crippen LogP contribution in [0, 0.1) is 0 Å². The SMILES string of the molecule is CC1(C)S[C@H]2[C@H](NC(=O)C(=NO)c3ccccc3)C(=O)N2[C@H]1C(=O)O. The lowest BCUT2D eigenvalue weighted by atomic mass is 9.96. The van der Waals surface area contributed by atoms with Crippen LogP contribution >= 0.6 is 11.8 Å². The number of nitrogens with zero attached hydrogens (tertiary/aromatic N) is 2. The Kier molecular flexibility index (Phi) is 4.19. The van der Waals surface area contributed by atoms with Crippen molar-refractivity contribution in [1.82, 2.24) is 10.2 Å². The number of hydrogen-bond acceptors (Lipinski definition) is 6. The van der Waals surface area contributed by atoms with E-state index in [0.29, 0.717) is 5.56 Å². The molecule has 3 rings (SSSR count). The minimum absolute atomic E-state index is 0.205. The first-order valence-electron chi connectivity index (χ1n) is 7.59. The van der Waals surface area contributed by atoms with Gasteiger partial charge in [-0.25, -0.2) is 4.79 Å². The average molecular weight is 363 g/mol. The van der Waals surface area contributed by atoms with Crippen molar-refractivity contribution >= 4 is 35.3 Å². The number of oxime groups is 1. The van der Waals surface area contributed by atoms with Crippen LogP contribution in [0.1, 0.15) is 19.4 Å². The summed E-state index contributed by atoms with van der Waals surface area (Å²) in [6, 6.07) is 6.57. The molecule has 2 fully saturated rings. The fraction of sp³-hybridized carbons (Fsp3) is 0.375. The Balaban J connectivity index is 1.76. The number of hydrogen-bond donors (Lipinski definition) is 3. The molecule has 0 aliphatic carbocycles. The Morgan fingerprint density at radius 2 is 1.92 bits per heavy atom. The molecule has 1 aromatic rings. The fourth-order valence-corrected chi connectivity index (χ4v) is 4.81. The molecule has 9 heteroatoms. The third kappa shape index (κ3) is 2.74. The molecule has 0 spiro atoms. The number of rotatable bonds is 4. The van der Waals surface area contributed by atoms with Crippen LogP contribution in [0.15, 0.2) is 35.5 Å². The fourth-order valence-electron chi connectivity index (χ4n) is 3.19. The Morgan fingerprint density at radius 3 is 2.48 bits per heavy atom. The normalized spacial score (nSPS) is 27.4. The van der Waals surface area contributed by atoms with Crippen LogP contribution in [0.4, 0.5) is 0 Å². The van der Waals surface area contributed by atoms with E-state index >= 15 is 0 Å². The minimum Gasteiger partial charge on any atom is -0.480 e. The van der Waals surface area contributed by atoms with Gasteiger partial charge in [0.1, 0.15) is 17.5 Å². The summed E-state index contributed by atoms with van der Waals surface area (Å²) in [5.74, 6) is -2.21. The van der Waals surface area contributed by atoms with Gasteiger partial charge in [0.25, 0.3) is 5.91 Å². The van der Waals surface area contributed by atoms with Crippen molar-refractivity contribution in [3.05, 3.63) is 35.9 Å². The van der Waals surface area contributed by atoms with Gasteiger partial charge >= 0.3 is 5.97 Å². The van der Waals surface area contributed by atoms with Crippen molar-refractivity contribution in [2.75, 3.05) is 0 Å². The molecule has 2 amide bonds. The zero-order valence-electron chi connectivity index (χ0n) is 13.5. The van der Waals surface area contributed by atoms with Crippen molar-refractivity contribution in [1.29, 1.82) is 0 Å². The van der Waals surface area contributed by atoms with E-state index in [0.717, 1.165) is 0 Å². The van der Waals surface area contributed by atoms with Crippen LogP contribution in [-0.2, 0) is 14.4 Å². The highest BCUT2D eigenvalue weighted by atomic mass is 32.2. The molecule has 0 saturated carbocycles. The van der Waals surface area contributed by atoms with Crippen LogP contribution in [-0.4, -0.2) is 60.9 Å². The van der Waals surface area contributed by atoms with Gasteiger partial charge in [-0.05, 0) is 13.8 Å². The number of aliphatic carboxylic acids is 1. The smallest absolute Gasteiger partial charge is 0.327 e. The molecule has 0 radical (unpaired) electrons. The summed E-state index contributed by atoms with van der Waals surface area (Å²) in [6.45, 7) is 3.51. The molecule has 2 saturated heterocycles. The van der Waals surface area contributed by atoms with Crippen LogP contribution in [0.25, 0.3) is 0 Å². The summed E-state index contributed by atoms with van der Waals surface area (Å²) in [4.78, 5) is 37.5. The van der Waals surface area contributed by atoms with Crippen molar-refractivity contribution in [3.63, 3.8) is 0 Å². The number of β-lactam (4-membered cyclic amide) rings is 1. The first-order chi connectivity index (χ1) is 11.8. The van der Waals surface area contributed by atoms with E-state index in [1.54, 1.807) is 44.2 Å². The van der Waals surface area contributed by atoms with Gasteiger partial charge in [-0.3, -0.25) is 9.59 Å². The Bertz CT molecular complexity index is 764. The van der Waals surface area contributed by atoms with Gasteiger partial charge in [0, 0.05) is 10.3 Å². The van der Waals surface area contributed by atoms with E-state index < -0.39 is 40.0 Å². The van der Waals surface area contributed by atoms with E-state index in [9.17, 15) is 19.5 Å². The molecular weight excluding hydrogens is 346 g/mol. The van der Waals surface area contributed by atoms with Crippen LogP contribution < -0.4 is 5.32 Å². The molecule has 0 aromatic heterocycles. The monoisotopic (exact) mass is 363 g/mol. The number of carboxylic acid groups (broad SMARTS) is 1. The maximum absolute atomic E-state index is 12.4. The number of carbonyl (C=O) groups is 3. The molecule has 3 atom stereocenters. The van der Waals surface area contributed by atoms with Crippen LogP contribution in [0.2, 0.25) is 0 Å². The number of carbonyl (C=O) groups excluding carboxylic acids is 2. The quantitative estimate of drug-likeness (QED) is 0.310. The van der Waals surface area contributed by atoms with Gasteiger partial charge in [-0.15, -0.1) is 11.8 Å². The highest BCUT2D eigenvalue weighted by Crippen LogP contribution is 2.50. The topological polar surface area (TPSA) is 119 Å². The van der Waals surface area contributed by atoms with E-state index in [4.69, 9.17) is 5.21 Å². The minimum atomic E-state index is -1.07. The summed E-state index contributed by atoms with van der Waals surface area (Å²) in [5.41, 5.74) is 0.206. The number of fused-ring (bicyclic) bond motifs is 1. The molecule has 0 bridgehead atoms. The second-order valence-electron chi connectivity index (χ2n) is 6.36. The maximum atomic E-state index is 12.4. The van der Waals surface area contributed by atoms with Gasteiger partial charge in [0.2, 0.25) is 5.91 Å². The first kappa shape index (κ1) is 17.3. The molecule has 25 heavy (non-hydrogen) atoms. The third-order valence-corrected chi connectivity index (χ3v) is 5.90. The van der Waals surface area contributed by atoms with Crippen molar-refractivity contribution in [2.45, 2.75) is 36.1 Å². The van der Waals surface area contributed by atoms with Crippen LogP contribution in [0.5, 0.6) is 0 Å². The standard InChI is InChI=1S/C16H17N3O5S/c1-16(2)11(15(22)23)19-13(21)10(14(19)25-16)17-12(20)9(18-24)8-6-4-3-5-7-8/h3-7,10-11,14,24H,1-2H3,(H,17,20)(H,22,23)/t10-,11+,14+/m1/s1. The van der Waals surface area contributed by atoms with Gasteiger partial charge in [-0.2, -0.15) is 0 Å². The van der Waals surface area contributed by atoms with Crippen LogP contribution in [0.3, 0.4) is 0 Å². The molecule has 8 nitrogen and oxygen atoms in total. The van der Waals surface area contributed by atoms with E-state index in [1.165, 1.54) is 16.7 Å². The Hall–Kier alpha value is -2.55. The Morgan fingerprint density at radius 1 is 1.28 bits per heavy atom. The maximum Gasteiger partial charge on any atom is 0.327 e. The predicted octanol–water partition coefficient (Wildman–Crippen LogP) is 0.497. The van der Waals surface area contributed by atoms with E-state index in [-0.39, 0.29) is 5.71 Å². The summed E-state index contributed by atoms with van der Waals surface area (Å²) < 4.78 is -0.668. The highest BCUT2D eigenvalue weighted by Gasteiger charge is 2.64. The predicted molar refractivity (Wildman–Crippen MR) is 90.4 cm³/mol. The van der Waals surface area contributed by atoms with E-state index in [2.05, 4.69) is 10.5 Å². The zero-order chi connectivity index (χ0) is 18.4. The molecular formula is C16H17N3O5S. The van der Waals surface area contributed by atoms with Crippen molar-refractivity contribution in [2.24, 2.45) is 5.16 Å². The highest BCUT2D eigenvalue weighted by molar-refractivity contribution is 8.01. The lowest BCUT2D eigenvalue weighted by Crippen LogP contribution is -2.71. The Labute approximate surface area is 147 Å². The molecule has 2 aliphatic rings. The van der Waals surface area contributed by atoms with Gasteiger partial charge < -0.3 is 20.5 Å². The molecule has 132 valence electrons. The third-order valence-electron chi connectivity index (χ3n) is 4.32. The number of nitrogens with one attached hydrogen (secondary N) is 1. The van der Waals surface area contributed by atoms with Crippen molar-refractivity contribution < 1.29 is 24.7 Å². The number of benzene rings is 1. The number of carboxylic acids is 1. The second kappa shape index (κ2) is 6.07.